The molecule has 2 aliphatic rings. The Bertz CT molecular complexity index is 422. The summed E-state index contributed by atoms with van der Waals surface area (Å²) >= 11 is 0. The minimum Gasteiger partial charge on any atom is -0.391 e. The summed E-state index contributed by atoms with van der Waals surface area (Å²) in [6.07, 6.45) is 10.6. The van der Waals surface area contributed by atoms with E-state index in [-0.39, 0.29) is 12.1 Å². The average Bonchev–Trinajstić information content (AvgIpc) is 2.42. The first-order valence-electron chi connectivity index (χ1n) is 7.12. The van der Waals surface area contributed by atoms with Crippen LogP contribution in [0.15, 0.2) is 6.20 Å². The van der Waals surface area contributed by atoms with Crippen LogP contribution in [-0.4, -0.2) is 27.4 Å². The molecule has 0 spiro atoms. The second-order valence-electron chi connectivity index (χ2n) is 5.51. The van der Waals surface area contributed by atoms with Crippen molar-refractivity contribution in [2.75, 3.05) is 5.32 Å². The zero-order valence-corrected chi connectivity index (χ0v) is 10.7. The first kappa shape index (κ1) is 11.9. The number of aliphatic hydroxyl groups excluding tert-OH is 1. The van der Waals surface area contributed by atoms with Crippen molar-refractivity contribution in [3.05, 3.63) is 17.3 Å². The highest BCUT2D eigenvalue weighted by Gasteiger charge is 2.25. The van der Waals surface area contributed by atoms with E-state index >= 15 is 0 Å². The molecule has 18 heavy (non-hydrogen) atoms. The summed E-state index contributed by atoms with van der Waals surface area (Å²) < 4.78 is 0. The topological polar surface area (TPSA) is 58.0 Å². The Balaban J connectivity index is 1.79. The van der Waals surface area contributed by atoms with Crippen LogP contribution in [0.5, 0.6) is 0 Å². The van der Waals surface area contributed by atoms with E-state index in [2.05, 4.69) is 15.5 Å². The maximum atomic E-state index is 10.0. The second-order valence-corrected chi connectivity index (χ2v) is 5.51. The largest absolute Gasteiger partial charge is 0.391 e. The maximum Gasteiger partial charge on any atom is 0.152 e. The van der Waals surface area contributed by atoms with Gasteiger partial charge in [0.25, 0.3) is 0 Å². The zero-order chi connectivity index (χ0) is 12.4. The number of fused-ring (bicyclic) bond motifs is 1. The molecule has 0 saturated heterocycles. The molecule has 0 aromatic carbocycles. The molecule has 0 amide bonds. The summed E-state index contributed by atoms with van der Waals surface area (Å²) in [7, 11) is 0. The van der Waals surface area contributed by atoms with Crippen molar-refractivity contribution >= 4 is 5.82 Å². The third-order valence-corrected chi connectivity index (χ3v) is 4.22. The smallest absolute Gasteiger partial charge is 0.152 e. The van der Waals surface area contributed by atoms with Crippen LogP contribution in [0, 0.1) is 0 Å². The first-order valence-corrected chi connectivity index (χ1v) is 7.12. The number of rotatable bonds is 2. The third kappa shape index (κ3) is 2.34. The molecule has 3 rings (SSSR count). The fraction of sp³-hybridized carbons (Fsp3) is 0.714. The molecular weight excluding hydrogens is 226 g/mol. The Hall–Kier alpha value is -1.16. The minimum atomic E-state index is -0.236. The van der Waals surface area contributed by atoms with Crippen LogP contribution in [0.4, 0.5) is 5.82 Å². The molecule has 1 saturated carbocycles. The van der Waals surface area contributed by atoms with Crippen LogP contribution >= 0.6 is 0 Å². The molecule has 2 N–H and O–H groups in total. The lowest BCUT2D eigenvalue weighted by molar-refractivity contribution is 0.116. The van der Waals surface area contributed by atoms with Gasteiger partial charge in [-0.15, -0.1) is 5.10 Å². The van der Waals surface area contributed by atoms with Crippen LogP contribution in [0.25, 0.3) is 0 Å². The molecule has 4 heteroatoms. The van der Waals surface area contributed by atoms with Gasteiger partial charge in [-0.2, -0.15) is 5.10 Å². The minimum absolute atomic E-state index is 0.154. The second kappa shape index (κ2) is 5.22. The van der Waals surface area contributed by atoms with Gasteiger partial charge in [0.2, 0.25) is 0 Å². The van der Waals surface area contributed by atoms with Crippen LogP contribution in [0.1, 0.15) is 49.7 Å². The summed E-state index contributed by atoms with van der Waals surface area (Å²) in [5, 5.41) is 21.8. The molecule has 1 heterocycles. The zero-order valence-electron chi connectivity index (χ0n) is 10.7. The third-order valence-electron chi connectivity index (χ3n) is 4.22. The molecule has 0 radical (unpaired) electrons. The normalized spacial score (nSPS) is 27.6. The Kier molecular flexibility index (Phi) is 3.46. The monoisotopic (exact) mass is 247 g/mol. The van der Waals surface area contributed by atoms with Gasteiger partial charge >= 0.3 is 0 Å². The highest BCUT2D eigenvalue weighted by atomic mass is 16.3. The Labute approximate surface area is 108 Å². The standard InChI is InChI=1S/C14H21N3O/c18-13-8-4-3-7-12(13)16-14-11-6-2-1-5-10(11)9-15-17-14/h9,12-13,18H,1-8H2,(H,16,17)/t12-,13-/m1/s1. The Morgan fingerprint density at radius 2 is 1.94 bits per heavy atom. The number of aryl methyl sites for hydroxylation is 1. The van der Waals surface area contributed by atoms with Crippen molar-refractivity contribution in [2.24, 2.45) is 0 Å². The van der Waals surface area contributed by atoms with Gasteiger partial charge < -0.3 is 10.4 Å². The van der Waals surface area contributed by atoms with Crippen molar-refractivity contribution in [1.82, 2.24) is 10.2 Å². The summed E-state index contributed by atoms with van der Waals surface area (Å²) in [5.41, 5.74) is 2.66. The Morgan fingerprint density at radius 1 is 1.11 bits per heavy atom. The van der Waals surface area contributed by atoms with Gasteiger partial charge in [0.15, 0.2) is 5.82 Å². The fourth-order valence-corrected chi connectivity index (χ4v) is 3.13. The van der Waals surface area contributed by atoms with E-state index in [1.807, 2.05) is 6.20 Å². The molecule has 4 nitrogen and oxygen atoms in total. The molecule has 2 aliphatic carbocycles. The van der Waals surface area contributed by atoms with Gasteiger partial charge in [-0.05, 0) is 44.1 Å². The molecule has 1 fully saturated rings. The van der Waals surface area contributed by atoms with E-state index in [0.717, 1.165) is 37.9 Å². The van der Waals surface area contributed by atoms with E-state index < -0.39 is 0 Å². The molecule has 1 aromatic rings. The Morgan fingerprint density at radius 3 is 2.83 bits per heavy atom. The summed E-state index contributed by atoms with van der Waals surface area (Å²) in [6.45, 7) is 0. The number of nitrogens with one attached hydrogen (secondary N) is 1. The van der Waals surface area contributed by atoms with E-state index in [0.29, 0.717) is 0 Å². The lowest BCUT2D eigenvalue weighted by atomic mass is 9.91. The van der Waals surface area contributed by atoms with Crippen LogP contribution in [-0.2, 0) is 12.8 Å². The molecule has 98 valence electrons. The predicted molar refractivity (Wildman–Crippen MR) is 70.6 cm³/mol. The van der Waals surface area contributed by atoms with Crippen molar-refractivity contribution in [2.45, 2.75) is 63.5 Å². The van der Waals surface area contributed by atoms with Crippen molar-refractivity contribution in [1.29, 1.82) is 0 Å². The highest BCUT2D eigenvalue weighted by Crippen LogP contribution is 2.28. The molecule has 1 aromatic heterocycles. The summed E-state index contributed by atoms with van der Waals surface area (Å²) in [4.78, 5) is 0. The molecule has 0 unspecified atom stereocenters. The number of nitrogens with zero attached hydrogens (tertiary/aromatic N) is 2. The van der Waals surface area contributed by atoms with Crippen LogP contribution in [0.2, 0.25) is 0 Å². The average molecular weight is 247 g/mol. The number of aliphatic hydroxyl groups is 1. The predicted octanol–water partition coefficient (Wildman–Crippen LogP) is 2.07. The quantitative estimate of drug-likeness (QED) is 0.840. The van der Waals surface area contributed by atoms with Gasteiger partial charge in [-0.1, -0.05) is 12.8 Å². The first-order chi connectivity index (χ1) is 8.84. The number of aromatic nitrogens is 2. The van der Waals surface area contributed by atoms with Gasteiger partial charge in [0, 0.05) is 5.56 Å². The highest BCUT2D eigenvalue weighted by molar-refractivity contribution is 5.48. The summed E-state index contributed by atoms with van der Waals surface area (Å²) in [5.74, 6) is 0.915. The van der Waals surface area contributed by atoms with E-state index in [1.165, 1.54) is 30.4 Å². The van der Waals surface area contributed by atoms with Gasteiger partial charge in [0.1, 0.15) is 0 Å². The van der Waals surface area contributed by atoms with Crippen LogP contribution in [0.3, 0.4) is 0 Å². The maximum absolute atomic E-state index is 10.0. The molecular formula is C14H21N3O. The van der Waals surface area contributed by atoms with E-state index in [1.54, 1.807) is 0 Å². The number of hydrogen-bond donors (Lipinski definition) is 2. The van der Waals surface area contributed by atoms with E-state index in [4.69, 9.17) is 0 Å². The summed E-state index contributed by atoms with van der Waals surface area (Å²) in [6, 6.07) is 0.154. The lowest BCUT2D eigenvalue weighted by Crippen LogP contribution is -2.37. The molecule has 0 aliphatic heterocycles. The molecule has 2 atom stereocenters. The van der Waals surface area contributed by atoms with Crippen molar-refractivity contribution < 1.29 is 5.11 Å². The fourth-order valence-electron chi connectivity index (χ4n) is 3.13. The van der Waals surface area contributed by atoms with Gasteiger partial charge in [0.05, 0.1) is 18.3 Å². The number of anilines is 1. The molecule has 0 bridgehead atoms. The van der Waals surface area contributed by atoms with Crippen molar-refractivity contribution in [3.8, 4) is 0 Å². The van der Waals surface area contributed by atoms with Gasteiger partial charge in [-0.3, -0.25) is 0 Å². The van der Waals surface area contributed by atoms with Crippen molar-refractivity contribution in [3.63, 3.8) is 0 Å². The SMILES string of the molecule is O[C@@H]1CCCC[C@H]1Nc1nncc2c1CCCC2. The van der Waals surface area contributed by atoms with Crippen LogP contribution < -0.4 is 5.32 Å². The number of hydrogen-bond acceptors (Lipinski definition) is 4. The van der Waals surface area contributed by atoms with E-state index in [9.17, 15) is 5.11 Å². The lowest BCUT2D eigenvalue weighted by Gasteiger charge is -2.30. The van der Waals surface area contributed by atoms with Gasteiger partial charge in [-0.25, -0.2) is 0 Å².